The van der Waals surface area contributed by atoms with Crippen molar-refractivity contribution in [2.24, 2.45) is 0 Å². The molecule has 124 valence electrons. The molecule has 9 heteroatoms. The summed E-state index contributed by atoms with van der Waals surface area (Å²) in [5, 5.41) is 19.5. The molecular formula is C15H11F3N4O2. The number of aromatic nitrogens is 4. The minimum Gasteiger partial charge on any atom is -0.478 e. The summed E-state index contributed by atoms with van der Waals surface area (Å²) < 4.78 is 39.7. The Labute approximate surface area is 133 Å². The molecule has 0 bridgehead atoms. The predicted octanol–water partition coefficient (Wildman–Crippen LogP) is 3.04. The summed E-state index contributed by atoms with van der Waals surface area (Å²) >= 11 is 0. The molecule has 0 saturated heterocycles. The molecule has 2 N–H and O–H groups in total. The van der Waals surface area contributed by atoms with E-state index in [0.717, 1.165) is 12.1 Å². The van der Waals surface area contributed by atoms with E-state index in [1.165, 1.54) is 29.2 Å². The number of nitrogens with one attached hydrogen (secondary N) is 1. The standard InChI is InChI=1S/C15H11F3N4O2/c16-15(17,18)11-3-1-2-9(4-11)13-5-12(20-21-13)8-22-7-10(6-19-22)14(23)24/h1-7H,8H2,(H,20,21)(H,23,24). The Morgan fingerprint density at radius 1 is 1.29 bits per heavy atom. The van der Waals surface area contributed by atoms with E-state index in [1.54, 1.807) is 6.07 Å². The van der Waals surface area contributed by atoms with E-state index in [-0.39, 0.29) is 12.1 Å². The fourth-order valence-electron chi connectivity index (χ4n) is 2.18. The van der Waals surface area contributed by atoms with Crippen LogP contribution in [-0.4, -0.2) is 31.1 Å². The fourth-order valence-corrected chi connectivity index (χ4v) is 2.18. The number of aromatic carboxylic acids is 1. The van der Waals surface area contributed by atoms with Crippen molar-refractivity contribution in [2.75, 3.05) is 0 Å². The molecule has 24 heavy (non-hydrogen) atoms. The van der Waals surface area contributed by atoms with Crippen LogP contribution in [0.4, 0.5) is 13.2 Å². The molecule has 0 amide bonds. The number of benzene rings is 1. The Kier molecular flexibility index (Phi) is 3.84. The van der Waals surface area contributed by atoms with Crippen molar-refractivity contribution in [2.45, 2.75) is 12.7 Å². The first-order chi connectivity index (χ1) is 11.3. The molecule has 2 aromatic heterocycles. The summed E-state index contributed by atoms with van der Waals surface area (Å²) in [6.45, 7) is 0.221. The van der Waals surface area contributed by atoms with Gasteiger partial charge in [0.2, 0.25) is 0 Å². The van der Waals surface area contributed by atoms with Gasteiger partial charge in [0.05, 0.1) is 35.3 Å². The van der Waals surface area contributed by atoms with Gasteiger partial charge < -0.3 is 5.11 Å². The lowest BCUT2D eigenvalue weighted by Gasteiger charge is -2.07. The van der Waals surface area contributed by atoms with E-state index >= 15 is 0 Å². The molecular weight excluding hydrogens is 325 g/mol. The summed E-state index contributed by atoms with van der Waals surface area (Å²) in [5.41, 5.74) is 0.582. The number of carboxylic acids is 1. The van der Waals surface area contributed by atoms with Crippen LogP contribution in [0.25, 0.3) is 11.3 Å². The summed E-state index contributed by atoms with van der Waals surface area (Å²) in [6, 6.07) is 6.47. The van der Waals surface area contributed by atoms with Crippen LogP contribution in [0, 0.1) is 0 Å². The van der Waals surface area contributed by atoms with Gasteiger partial charge in [0, 0.05) is 11.8 Å². The van der Waals surface area contributed by atoms with Crippen molar-refractivity contribution in [1.82, 2.24) is 20.0 Å². The normalized spacial score (nSPS) is 11.6. The summed E-state index contributed by atoms with van der Waals surface area (Å²) in [5.74, 6) is -1.09. The molecule has 0 aliphatic heterocycles. The fraction of sp³-hybridized carbons (Fsp3) is 0.133. The van der Waals surface area contributed by atoms with Crippen molar-refractivity contribution in [3.63, 3.8) is 0 Å². The number of carboxylic acid groups (broad SMARTS) is 1. The maximum absolute atomic E-state index is 12.8. The number of hydrogen-bond donors (Lipinski definition) is 2. The molecule has 0 radical (unpaired) electrons. The third-order valence-corrected chi connectivity index (χ3v) is 3.33. The molecule has 0 fully saturated rings. The van der Waals surface area contributed by atoms with Gasteiger partial charge in [-0.15, -0.1) is 0 Å². The molecule has 6 nitrogen and oxygen atoms in total. The topological polar surface area (TPSA) is 83.8 Å². The predicted molar refractivity (Wildman–Crippen MR) is 77.3 cm³/mol. The average Bonchev–Trinajstić information content (AvgIpc) is 3.16. The lowest BCUT2D eigenvalue weighted by molar-refractivity contribution is -0.137. The van der Waals surface area contributed by atoms with Gasteiger partial charge in [0.25, 0.3) is 0 Å². The van der Waals surface area contributed by atoms with Crippen LogP contribution < -0.4 is 0 Å². The number of alkyl halides is 3. The molecule has 1 aromatic carbocycles. The highest BCUT2D eigenvalue weighted by Crippen LogP contribution is 2.31. The molecule has 0 unspecified atom stereocenters. The summed E-state index contributed by atoms with van der Waals surface area (Å²) in [7, 11) is 0. The number of halogens is 3. The van der Waals surface area contributed by atoms with Gasteiger partial charge in [-0.25, -0.2) is 4.79 Å². The Morgan fingerprint density at radius 2 is 2.08 bits per heavy atom. The third kappa shape index (κ3) is 3.29. The van der Waals surface area contributed by atoms with E-state index in [9.17, 15) is 18.0 Å². The molecule has 3 aromatic rings. The second-order valence-corrected chi connectivity index (χ2v) is 5.09. The molecule has 0 aliphatic rings. The average molecular weight is 336 g/mol. The van der Waals surface area contributed by atoms with Crippen molar-refractivity contribution >= 4 is 5.97 Å². The first kappa shape index (κ1) is 15.8. The van der Waals surface area contributed by atoms with Crippen LogP contribution in [0.2, 0.25) is 0 Å². The van der Waals surface area contributed by atoms with Gasteiger partial charge in [-0.05, 0) is 18.2 Å². The molecule has 0 saturated carbocycles. The monoisotopic (exact) mass is 336 g/mol. The Hall–Kier alpha value is -3.10. The van der Waals surface area contributed by atoms with Crippen LogP contribution in [0.3, 0.4) is 0 Å². The number of H-pyrrole nitrogens is 1. The highest BCUT2D eigenvalue weighted by molar-refractivity contribution is 5.86. The van der Waals surface area contributed by atoms with Crippen molar-refractivity contribution in [3.05, 3.63) is 59.5 Å². The lowest BCUT2D eigenvalue weighted by Crippen LogP contribution is -2.04. The molecule has 3 rings (SSSR count). The third-order valence-electron chi connectivity index (χ3n) is 3.33. The first-order valence-electron chi connectivity index (χ1n) is 6.80. The second-order valence-electron chi connectivity index (χ2n) is 5.09. The number of nitrogens with zero attached hydrogens (tertiary/aromatic N) is 3. The van der Waals surface area contributed by atoms with Gasteiger partial charge in [-0.3, -0.25) is 9.78 Å². The Morgan fingerprint density at radius 3 is 2.75 bits per heavy atom. The van der Waals surface area contributed by atoms with Gasteiger partial charge in [-0.2, -0.15) is 23.4 Å². The molecule has 0 spiro atoms. The van der Waals surface area contributed by atoms with Crippen LogP contribution in [0.15, 0.2) is 42.7 Å². The minimum absolute atomic E-state index is 0.0487. The van der Waals surface area contributed by atoms with Gasteiger partial charge in [0.15, 0.2) is 0 Å². The van der Waals surface area contributed by atoms with Gasteiger partial charge in [-0.1, -0.05) is 12.1 Å². The van der Waals surface area contributed by atoms with E-state index in [1.807, 2.05) is 0 Å². The van der Waals surface area contributed by atoms with Gasteiger partial charge >= 0.3 is 12.1 Å². The highest BCUT2D eigenvalue weighted by atomic mass is 19.4. The zero-order valence-electron chi connectivity index (χ0n) is 12.1. The van der Waals surface area contributed by atoms with Crippen molar-refractivity contribution in [1.29, 1.82) is 0 Å². The minimum atomic E-state index is -4.42. The molecule has 0 atom stereocenters. The smallest absolute Gasteiger partial charge is 0.416 e. The molecule has 0 aliphatic carbocycles. The van der Waals surface area contributed by atoms with Crippen LogP contribution in [0.1, 0.15) is 21.6 Å². The Balaban J connectivity index is 1.81. The van der Waals surface area contributed by atoms with Crippen molar-refractivity contribution in [3.8, 4) is 11.3 Å². The number of hydrogen-bond acceptors (Lipinski definition) is 3. The maximum Gasteiger partial charge on any atom is 0.416 e. The zero-order valence-corrected chi connectivity index (χ0v) is 12.1. The second kappa shape index (κ2) is 5.84. The summed E-state index contributed by atoms with van der Waals surface area (Å²) in [4.78, 5) is 10.8. The first-order valence-corrected chi connectivity index (χ1v) is 6.80. The van der Waals surface area contributed by atoms with Crippen LogP contribution in [-0.2, 0) is 12.7 Å². The van der Waals surface area contributed by atoms with E-state index in [4.69, 9.17) is 5.11 Å². The highest BCUT2D eigenvalue weighted by Gasteiger charge is 2.30. The maximum atomic E-state index is 12.8. The quantitative estimate of drug-likeness (QED) is 0.767. The number of carbonyl (C=O) groups is 1. The lowest BCUT2D eigenvalue weighted by atomic mass is 10.1. The summed E-state index contributed by atoms with van der Waals surface area (Å²) in [6.07, 6.45) is -1.85. The largest absolute Gasteiger partial charge is 0.478 e. The SMILES string of the molecule is O=C(O)c1cnn(Cc2cc(-c3cccc(C(F)(F)F)c3)n[nH]2)c1. The van der Waals surface area contributed by atoms with Crippen LogP contribution in [0.5, 0.6) is 0 Å². The molecule has 2 heterocycles. The van der Waals surface area contributed by atoms with Crippen LogP contribution >= 0.6 is 0 Å². The van der Waals surface area contributed by atoms with E-state index < -0.39 is 17.7 Å². The van der Waals surface area contributed by atoms with E-state index in [0.29, 0.717) is 17.0 Å². The number of aromatic amines is 1. The Bertz CT molecular complexity index is 883. The number of rotatable bonds is 4. The van der Waals surface area contributed by atoms with E-state index in [2.05, 4.69) is 15.3 Å². The van der Waals surface area contributed by atoms with Crippen molar-refractivity contribution < 1.29 is 23.1 Å². The van der Waals surface area contributed by atoms with Gasteiger partial charge in [0.1, 0.15) is 0 Å². The zero-order chi connectivity index (χ0) is 17.3.